The fourth-order valence-electron chi connectivity index (χ4n) is 3.03. The highest BCUT2D eigenvalue weighted by molar-refractivity contribution is 9.10. The number of aliphatic hydroxyl groups is 1. The van der Waals surface area contributed by atoms with Gasteiger partial charge in [-0.2, -0.15) is 5.10 Å². The first-order chi connectivity index (χ1) is 11.2. The van der Waals surface area contributed by atoms with Gasteiger partial charge in [0.15, 0.2) is 0 Å². The summed E-state index contributed by atoms with van der Waals surface area (Å²) in [6.07, 6.45) is 2.55. The van der Waals surface area contributed by atoms with E-state index >= 15 is 0 Å². The van der Waals surface area contributed by atoms with E-state index in [9.17, 15) is 5.11 Å². The van der Waals surface area contributed by atoms with E-state index in [1.54, 1.807) is 11.0 Å². The van der Waals surface area contributed by atoms with E-state index in [-0.39, 0.29) is 0 Å². The molecular formula is C17H15BrN4O. The number of aromatic nitrogens is 4. The molecule has 0 aliphatic rings. The molecule has 116 valence electrons. The summed E-state index contributed by atoms with van der Waals surface area (Å²) < 4.78 is 4.87. The van der Waals surface area contributed by atoms with Crippen molar-refractivity contribution in [2.75, 3.05) is 0 Å². The topological polar surface area (TPSA) is 55.9 Å². The van der Waals surface area contributed by atoms with Gasteiger partial charge >= 0.3 is 0 Å². The molecule has 2 heterocycles. The van der Waals surface area contributed by atoms with Crippen LogP contribution in [-0.2, 0) is 13.1 Å². The number of hydrogen-bond donors (Lipinski definition) is 1. The molecule has 2 aromatic carbocycles. The molecule has 0 spiro atoms. The summed E-state index contributed by atoms with van der Waals surface area (Å²) in [4.78, 5) is 3.91. The Morgan fingerprint density at radius 3 is 2.70 bits per heavy atom. The Hall–Kier alpha value is -2.18. The minimum absolute atomic E-state index is 0.421. The number of hydrogen-bond acceptors (Lipinski definition) is 3. The minimum atomic E-state index is -0.542. The summed E-state index contributed by atoms with van der Waals surface area (Å²) in [7, 11) is 0. The van der Waals surface area contributed by atoms with Gasteiger partial charge in [0.05, 0.1) is 19.2 Å². The molecule has 6 heteroatoms. The van der Waals surface area contributed by atoms with Gasteiger partial charge in [-0.05, 0) is 24.3 Å². The van der Waals surface area contributed by atoms with E-state index < -0.39 is 6.10 Å². The number of para-hydroxylation sites is 1. The molecule has 4 aromatic rings. The van der Waals surface area contributed by atoms with Crippen molar-refractivity contribution in [2.24, 2.45) is 0 Å². The lowest BCUT2D eigenvalue weighted by atomic mass is 10.2. The van der Waals surface area contributed by atoms with Crippen molar-refractivity contribution in [3.63, 3.8) is 0 Å². The number of nitrogens with zero attached hydrogens (tertiary/aromatic N) is 4. The lowest BCUT2D eigenvalue weighted by Gasteiger charge is -2.13. The minimum Gasteiger partial charge on any atom is -0.389 e. The molecule has 0 saturated heterocycles. The van der Waals surface area contributed by atoms with Crippen LogP contribution in [0.2, 0.25) is 0 Å². The zero-order valence-corrected chi connectivity index (χ0v) is 13.9. The highest BCUT2D eigenvalue weighted by atomic mass is 79.9. The van der Waals surface area contributed by atoms with Gasteiger partial charge in [-0.15, -0.1) is 0 Å². The molecule has 0 fully saturated rings. The maximum atomic E-state index is 10.4. The maximum Gasteiger partial charge on any atom is 0.137 e. The second-order valence-electron chi connectivity index (χ2n) is 5.56. The van der Waals surface area contributed by atoms with Crippen LogP contribution in [-0.4, -0.2) is 30.5 Å². The molecule has 5 nitrogen and oxygen atoms in total. The molecule has 0 aliphatic carbocycles. The van der Waals surface area contributed by atoms with E-state index in [0.717, 1.165) is 15.5 Å². The van der Waals surface area contributed by atoms with Crippen LogP contribution >= 0.6 is 15.9 Å². The molecule has 1 N–H and O–H groups in total. The second kappa shape index (κ2) is 5.79. The van der Waals surface area contributed by atoms with Gasteiger partial charge in [0.25, 0.3) is 0 Å². The van der Waals surface area contributed by atoms with Crippen LogP contribution in [0.1, 0.15) is 0 Å². The summed E-state index contributed by atoms with van der Waals surface area (Å²) in [5, 5.41) is 16.9. The largest absolute Gasteiger partial charge is 0.389 e. The first-order valence-corrected chi connectivity index (χ1v) is 8.18. The molecule has 23 heavy (non-hydrogen) atoms. The van der Waals surface area contributed by atoms with Crippen molar-refractivity contribution >= 4 is 37.7 Å². The molecule has 0 bridgehead atoms. The van der Waals surface area contributed by atoms with Crippen LogP contribution in [0.4, 0.5) is 0 Å². The third kappa shape index (κ3) is 2.64. The van der Waals surface area contributed by atoms with Crippen molar-refractivity contribution in [1.29, 1.82) is 0 Å². The fourth-order valence-corrected chi connectivity index (χ4v) is 3.40. The highest BCUT2D eigenvalue weighted by Crippen LogP contribution is 2.31. The summed E-state index contributed by atoms with van der Waals surface area (Å²) in [5.74, 6) is 0. The molecule has 0 saturated carbocycles. The van der Waals surface area contributed by atoms with Gasteiger partial charge in [-0.1, -0.05) is 34.1 Å². The Bertz CT molecular complexity index is 961. The van der Waals surface area contributed by atoms with Gasteiger partial charge < -0.3 is 9.67 Å². The van der Waals surface area contributed by atoms with E-state index in [4.69, 9.17) is 0 Å². The van der Waals surface area contributed by atoms with Crippen LogP contribution < -0.4 is 0 Å². The Morgan fingerprint density at radius 2 is 1.87 bits per heavy atom. The van der Waals surface area contributed by atoms with Gasteiger partial charge in [-0.25, -0.2) is 4.98 Å². The Balaban J connectivity index is 1.78. The predicted molar refractivity (Wildman–Crippen MR) is 93.2 cm³/mol. The monoisotopic (exact) mass is 370 g/mol. The molecule has 2 aromatic heterocycles. The highest BCUT2D eigenvalue weighted by Gasteiger charge is 2.14. The van der Waals surface area contributed by atoms with Crippen LogP contribution in [0.3, 0.4) is 0 Å². The third-order valence-corrected chi connectivity index (χ3v) is 4.49. The second-order valence-corrected chi connectivity index (χ2v) is 6.48. The van der Waals surface area contributed by atoms with Gasteiger partial charge in [-0.3, -0.25) is 4.68 Å². The van der Waals surface area contributed by atoms with Crippen LogP contribution in [0, 0.1) is 0 Å². The van der Waals surface area contributed by atoms with E-state index in [1.807, 2.05) is 18.2 Å². The standard InChI is InChI=1S/C17H15BrN4O/c18-12-5-6-17-15(7-12)14-3-1-2-4-16(14)22(17)9-13(23)8-21-11-19-10-20-21/h1-7,10-11,13,23H,8-9H2. The summed E-state index contributed by atoms with van der Waals surface area (Å²) in [5.41, 5.74) is 2.24. The Labute approximate surface area is 141 Å². The summed E-state index contributed by atoms with van der Waals surface area (Å²) >= 11 is 3.54. The predicted octanol–water partition coefficient (Wildman–Crippen LogP) is 3.21. The lowest BCUT2D eigenvalue weighted by molar-refractivity contribution is 0.132. The van der Waals surface area contributed by atoms with Crippen molar-refractivity contribution in [1.82, 2.24) is 19.3 Å². The van der Waals surface area contributed by atoms with Gasteiger partial charge in [0, 0.05) is 26.3 Å². The van der Waals surface area contributed by atoms with E-state index in [2.05, 4.69) is 54.8 Å². The van der Waals surface area contributed by atoms with Crippen molar-refractivity contribution in [2.45, 2.75) is 19.2 Å². The first kappa shape index (κ1) is 14.4. The number of aliphatic hydroxyl groups excluding tert-OH is 1. The summed E-state index contributed by atoms with van der Waals surface area (Å²) in [6, 6.07) is 14.5. The maximum absolute atomic E-state index is 10.4. The van der Waals surface area contributed by atoms with Crippen LogP contribution in [0.5, 0.6) is 0 Å². The quantitative estimate of drug-likeness (QED) is 0.599. The smallest absolute Gasteiger partial charge is 0.137 e. The average molecular weight is 371 g/mol. The molecule has 1 atom stereocenters. The fraction of sp³-hybridized carbons (Fsp3) is 0.176. The zero-order chi connectivity index (χ0) is 15.8. The Kier molecular flexibility index (Phi) is 3.63. The Morgan fingerprint density at radius 1 is 1.04 bits per heavy atom. The van der Waals surface area contributed by atoms with Crippen molar-refractivity contribution < 1.29 is 5.11 Å². The molecular weight excluding hydrogens is 356 g/mol. The third-order valence-electron chi connectivity index (χ3n) is 3.99. The molecule has 0 radical (unpaired) electrons. The molecule has 4 rings (SSSR count). The number of benzene rings is 2. The molecule has 1 unspecified atom stereocenters. The van der Waals surface area contributed by atoms with Crippen LogP contribution in [0.15, 0.2) is 59.6 Å². The number of rotatable bonds is 4. The van der Waals surface area contributed by atoms with Crippen LogP contribution in [0.25, 0.3) is 21.8 Å². The zero-order valence-electron chi connectivity index (χ0n) is 12.3. The molecule has 0 aliphatic heterocycles. The number of halogens is 1. The van der Waals surface area contributed by atoms with Gasteiger partial charge in [0.1, 0.15) is 12.7 Å². The lowest BCUT2D eigenvalue weighted by Crippen LogP contribution is -2.22. The SMILES string of the molecule is OC(Cn1cncn1)Cn1c2ccccc2c2cc(Br)ccc21. The average Bonchev–Trinajstić information content (AvgIpc) is 3.15. The van der Waals surface area contributed by atoms with E-state index in [1.165, 1.54) is 17.1 Å². The normalized spacial score (nSPS) is 13.0. The van der Waals surface area contributed by atoms with E-state index in [0.29, 0.717) is 13.1 Å². The molecule has 0 amide bonds. The summed E-state index contributed by atoms with van der Waals surface area (Å²) in [6.45, 7) is 0.927. The first-order valence-electron chi connectivity index (χ1n) is 7.39. The van der Waals surface area contributed by atoms with Crippen molar-refractivity contribution in [3.8, 4) is 0 Å². The van der Waals surface area contributed by atoms with Gasteiger partial charge in [0.2, 0.25) is 0 Å². The number of fused-ring (bicyclic) bond motifs is 3. The van der Waals surface area contributed by atoms with Crippen molar-refractivity contribution in [3.05, 3.63) is 59.6 Å².